The fourth-order valence-corrected chi connectivity index (χ4v) is 6.29. The number of nitrogens with zero attached hydrogens (tertiary/aromatic N) is 4. The maximum Gasteiger partial charge on any atom is 0.338 e. The zero-order valence-corrected chi connectivity index (χ0v) is 28.2. The number of piperazine rings is 1. The summed E-state index contributed by atoms with van der Waals surface area (Å²) in [7, 11) is 0. The maximum absolute atomic E-state index is 13.9. The Morgan fingerprint density at radius 3 is 2.21 bits per heavy atom. The number of anilines is 3. The van der Waals surface area contributed by atoms with Gasteiger partial charge in [0.05, 0.1) is 30.9 Å². The molecular formula is C36H42FN5O5S. The smallest absolute Gasteiger partial charge is 0.338 e. The van der Waals surface area contributed by atoms with Crippen LogP contribution in [-0.4, -0.2) is 91.2 Å². The monoisotopic (exact) mass is 675 g/mol. The third kappa shape index (κ3) is 8.67. The number of amides is 2. The van der Waals surface area contributed by atoms with Crippen LogP contribution in [-0.2, 0) is 14.3 Å². The highest BCUT2D eigenvalue weighted by molar-refractivity contribution is 7.80. The predicted octanol–water partition coefficient (Wildman–Crippen LogP) is 5.33. The molecule has 2 amide bonds. The van der Waals surface area contributed by atoms with Gasteiger partial charge in [-0.25, -0.2) is 9.18 Å². The van der Waals surface area contributed by atoms with Crippen LogP contribution in [0.4, 0.5) is 21.5 Å². The number of nitrogens with one attached hydrogen (secondary N) is 1. The summed E-state index contributed by atoms with van der Waals surface area (Å²) >= 11 is 5.85. The Morgan fingerprint density at radius 1 is 0.896 bits per heavy atom. The van der Waals surface area contributed by atoms with Crippen LogP contribution in [0.5, 0.6) is 5.75 Å². The summed E-state index contributed by atoms with van der Waals surface area (Å²) in [6, 6.07) is 19.5. The van der Waals surface area contributed by atoms with Crippen molar-refractivity contribution in [3.63, 3.8) is 0 Å². The van der Waals surface area contributed by atoms with Gasteiger partial charge in [-0.1, -0.05) is 6.92 Å². The molecule has 0 spiro atoms. The molecule has 2 aliphatic heterocycles. The van der Waals surface area contributed by atoms with E-state index >= 15 is 0 Å². The second-order valence-electron chi connectivity index (χ2n) is 11.7. The summed E-state index contributed by atoms with van der Waals surface area (Å²) in [5, 5.41) is 3.22. The molecule has 12 heteroatoms. The number of carbonyl (C=O) groups excluding carboxylic acids is 3. The average molecular weight is 676 g/mol. The van der Waals surface area contributed by atoms with Crippen LogP contribution < -0.4 is 19.9 Å². The van der Waals surface area contributed by atoms with Crippen LogP contribution in [0.3, 0.4) is 0 Å². The lowest BCUT2D eigenvalue weighted by Crippen LogP contribution is -2.47. The summed E-state index contributed by atoms with van der Waals surface area (Å²) < 4.78 is 24.1. The Morgan fingerprint density at radius 2 is 1.56 bits per heavy atom. The second-order valence-corrected chi connectivity index (χ2v) is 12.1. The van der Waals surface area contributed by atoms with E-state index in [0.717, 1.165) is 57.0 Å². The number of thiocarbonyl (C=S) groups is 1. The van der Waals surface area contributed by atoms with E-state index in [4.69, 9.17) is 21.7 Å². The molecule has 1 N–H and O–H groups in total. The highest BCUT2D eigenvalue weighted by Crippen LogP contribution is 2.29. The average Bonchev–Trinajstić information content (AvgIpc) is 3.32. The van der Waals surface area contributed by atoms with Gasteiger partial charge in [-0.2, -0.15) is 0 Å². The molecule has 2 aliphatic rings. The first kappa shape index (κ1) is 34.8. The molecular weight excluding hydrogens is 633 g/mol. The van der Waals surface area contributed by atoms with Crippen molar-refractivity contribution in [3.05, 3.63) is 84.2 Å². The zero-order valence-electron chi connectivity index (χ0n) is 27.4. The van der Waals surface area contributed by atoms with Crippen molar-refractivity contribution in [2.45, 2.75) is 39.2 Å². The van der Waals surface area contributed by atoms with Gasteiger partial charge in [-0.3, -0.25) is 19.4 Å². The van der Waals surface area contributed by atoms with E-state index in [1.807, 2.05) is 11.8 Å². The first-order valence-electron chi connectivity index (χ1n) is 16.4. The zero-order chi connectivity index (χ0) is 34.0. The number of hydrogen-bond acceptors (Lipinski definition) is 8. The molecule has 3 aromatic carbocycles. The van der Waals surface area contributed by atoms with Crippen LogP contribution in [0.2, 0.25) is 0 Å². The quantitative estimate of drug-likeness (QED) is 0.180. The minimum Gasteiger partial charge on any atom is -0.494 e. The number of halogens is 1. The van der Waals surface area contributed by atoms with Crippen LogP contribution in [0, 0.1) is 5.82 Å². The number of benzene rings is 3. The van der Waals surface area contributed by atoms with Gasteiger partial charge in [0.1, 0.15) is 17.6 Å². The first-order chi connectivity index (χ1) is 23.3. The van der Waals surface area contributed by atoms with E-state index < -0.39 is 12.0 Å². The topological polar surface area (TPSA) is 94.7 Å². The van der Waals surface area contributed by atoms with Gasteiger partial charge in [-0.15, -0.1) is 0 Å². The molecule has 254 valence electrons. The normalized spacial score (nSPS) is 16.7. The molecule has 48 heavy (non-hydrogen) atoms. The molecule has 0 aromatic heterocycles. The second kappa shape index (κ2) is 16.5. The molecule has 0 radical (unpaired) electrons. The molecule has 1 atom stereocenters. The molecule has 3 aromatic rings. The van der Waals surface area contributed by atoms with Gasteiger partial charge in [0, 0.05) is 44.1 Å². The fraction of sp³-hybridized carbons (Fsp3) is 0.389. The summed E-state index contributed by atoms with van der Waals surface area (Å²) in [4.78, 5) is 47.3. The van der Waals surface area contributed by atoms with Crippen LogP contribution in [0.1, 0.15) is 43.5 Å². The van der Waals surface area contributed by atoms with E-state index in [2.05, 4.69) is 15.1 Å². The highest BCUT2D eigenvalue weighted by Gasteiger charge is 2.44. The molecule has 0 saturated carbocycles. The lowest BCUT2D eigenvalue weighted by molar-refractivity contribution is -0.124. The van der Waals surface area contributed by atoms with Crippen LogP contribution in [0.15, 0.2) is 72.8 Å². The third-order valence-corrected chi connectivity index (χ3v) is 8.80. The van der Waals surface area contributed by atoms with E-state index in [1.165, 1.54) is 17.0 Å². The fourth-order valence-electron chi connectivity index (χ4n) is 5.87. The largest absolute Gasteiger partial charge is 0.494 e. The van der Waals surface area contributed by atoms with Gasteiger partial charge in [0.2, 0.25) is 5.91 Å². The molecule has 2 fully saturated rings. The van der Waals surface area contributed by atoms with Gasteiger partial charge >= 0.3 is 5.97 Å². The molecule has 5 rings (SSSR count). The lowest BCUT2D eigenvalue weighted by Gasteiger charge is -2.36. The summed E-state index contributed by atoms with van der Waals surface area (Å²) in [5.74, 6) is -0.571. The highest BCUT2D eigenvalue weighted by atomic mass is 32.1. The van der Waals surface area contributed by atoms with Crippen molar-refractivity contribution in [2.75, 3.05) is 67.6 Å². The standard InChI is InChI=1S/C36H42FN5O5S/c1-3-24-47-31-16-10-28(11-17-31)38-33(43)25-32-34(44)42(30-12-6-26(7-13-30)35(45)46-4-2)36(48)41(32)19-5-18-39-20-22-40(23-21-39)29-14-8-27(37)9-15-29/h6-17,32H,3-5,18-25H2,1-2H3,(H,38,43). The van der Waals surface area contributed by atoms with Gasteiger partial charge < -0.3 is 24.6 Å². The number of rotatable bonds is 14. The Hall–Kier alpha value is -4.55. The van der Waals surface area contributed by atoms with Crippen LogP contribution >= 0.6 is 12.2 Å². The summed E-state index contributed by atoms with van der Waals surface area (Å²) in [6.45, 7) is 9.29. The van der Waals surface area contributed by atoms with Crippen molar-refractivity contribution >= 4 is 52.2 Å². The molecule has 2 saturated heterocycles. The summed E-state index contributed by atoms with van der Waals surface area (Å²) in [6.07, 6.45) is 1.55. The van der Waals surface area contributed by atoms with Crippen molar-refractivity contribution in [1.82, 2.24) is 9.80 Å². The Balaban J connectivity index is 1.24. The minimum atomic E-state index is -0.787. The van der Waals surface area contributed by atoms with Crippen molar-refractivity contribution < 1.29 is 28.2 Å². The predicted molar refractivity (Wildman–Crippen MR) is 188 cm³/mol. The first-order valence-corrected chi connectivity index (χ1v) is 16.9. The third-order valence-electron chi connectivity index (χ3n) is 8.38. The van der Waals surface area contributed by atoms with Crippen molar-refractivity contribution in [1.29, 1.82) is 0 Å². The van der Waals surface area contributed by atoms with E-state index in [1.54, 1.807) is 67.6 Å². The Bertz CT molecular complexity index is 1560. The van der Waals surface area contributed by atoms with E-state index in [-0.39, 0.29) is 30.7 Å². The van der Waals surface area contributed by atoms with Gasteiger partial charge in [0.25, 0.3) is 5.91 Å². The Kier molecular flexibility index (Phi) is 12.0. The van der Waals surface area contributed by atoms with Gasteiger partial charge in [0.15, 0.2) is 5.11 Å². The van der Waals surface area contributed by atoms with Crippen molar-refractivity contribution in [2.24, 2.45) is 0 Å². The lowest BCUT2D eigenvalue weighted by atomic mass is 10.1. The Labute approximate surface area is 286 Å². The maximum atomic E-state index is 13.9. The molecule has 1 unspecified atom stereocenters. The number of carbonyl (C=O) groups is 3. The molecule has 2 heterocycles. The molecule has 10 nitrogen and oxygen atoms in total. The SMILES string of the molecule is CCCOc1ccc(NC(=O)CC2C(=O)N(c3ccc(C(=O)OCC)cc3)C(=S)N2CCCN2CCN(c3ccc(F)cc3)CC2)cc1. The van der Waals surface area contributed by atoms with Gasteiger partial charge in [-0.05, 0) is 111 Å². The number of esters is 1. The summed E-state index contributed by atoms with van der Waals surface area (Å²) in [5.41, 5.74) is 2.51. The molecule has 0 bridgehead atoms. The minimum absolute atomic E-state index is 0.0825. The van der Waals surface area contributed by atoms with Crippen molar-refractivity contribution in [3.8, 4) is 5.75 Å². The van der Waals surface area contributed by atoms with Crippen LogP contribution in [0.25, 0.3) is 0 Å². The number of ether oxygens (including phenoxy) is 2. The van der Waals surface area contributed by atoms with E-state index in [0.29, 0.717) is 35.2 Å². The molecule has 0 aliphatic carbocycles. The number of hydrogen-bond donors (Lipinski definition) is 1. The van der Waals surface area contributed by atoms with E-state index in [9.17, 15) is 18.8 Å².